The molecule has 0 bridgehead atoms. The molecule has 3 aromatic rings. The number of pyridine rings is 1. The molecule has 136 valence electrons. The van der Waals surface area contributed by atoms with E-state index in [9.17, 15) is 9.59 Å². The van der Waals surface area contributed by atoms with Crippen LogP contribution in [0.15, 0.2) is 72.9 Å². The van der Waals surface area contributed by atoms with Gasteiger partial charge in [0.25, 0.3) is 0 Å². The summed E-state index contributed by atoms with van der Waals surface area (Å²) >= 11 is 0. The highest BCUT2D eigenvalue weighted by Crippen LogP contribution is 2.29. The van der Waals surface area contributed by atoms with Gasteiger partial charge >= 0.3 is 5.97 Å². The topological polar surface area (TPSA) is 56.3 Å². The first-order chi connectivity index (χ1) is 12.9. The molecule has 0 spiro atoms. The van der Waals surface area contributed by atoms with Crippen LogP contribution in [-0.4, -0.2) is 16.7 Å². The van der Waals surface area contributed by atoms with Gasteiger partial charge in [-0.1, -0.05) is 42.5 Å². The molecule has 0 N–H and O–H groups in total. The Bertz CT molecular complexity index is 972. The number of ketones is 1. The maximum absolute atomic E-state index is 12.9. The number of hydrogen-bond donors (Lipinski definition) is 0. The van der Waals surface area contributed by atoms with Crippen LogP contribution in [0.5, 0.6) is 5.75 Å². The minimum absolute atomic E-state index is 0.150. The average Bonchev–Trinajstić information content (AvgIpc) is 2.67. The van der Waals surface area contributed by atoms with Gasteiger partial charge in [-0.3, -0.25) is 14.6 Å². The molecular formula is C23H21NO3. The molecule has 0 saturated carbocycles. The summed E-state index contributed by atoms with van der Waals surface area (Å²) in [7, 11) is 0. The van der Waals surface area contributed by atoms with Crippen molar-refractivity contribution in [3.8, 4) is 16.9 Å². The number of rotatable bonds is 4. The van der Waals surface area contributed by atoms with Crippen LogP contribution in [0, 0.1) is 5.41 Å². The van der Waals surface area contributed by atoms with E-state index in [0.717, 1.165) is 11.1 Å². The third-order valence-corrected chi connectivity index (χ3v) is 4.04. The minimum Gasteiger partial charge on any atom is -0.426 e. The zero-order valence-corrected chi connectivity index (χ0v) is 15.6. The number of esters is 1. The van der Waals surface area contributed by atoms with Gasteiger partial charge in [0.1, 0.15) is 11.4 Å². The number of nitrogens with zero attached hydrogens (tertiary/aromatic N) is 1. The van der Waals surface area contributed by atoms with E-state index in [1.807, 2.05) is 30.3 Å². The molecule has 0 radical (unpaired) electrons. The van der Waals surface area contributed by atoms with Crippen LogP contribution in [0.25, 0.3) is 11.1 Å². The van der Waals surface area contributed by atoms with E-state index in [-0.39, 0.29) is 11.8 Å². The molecule has 4 heteroatoms. The van der Waals surface area contributed by atoms with Gasteiger partial charge in [-0.2, -0.15) is 0 Å². The van der Waals surface area contributed by atoms with Crippen molar-refractivity contribution in [3.63, 3.8) is 0 Å². The monoisotopic (exact) mass is 359 g/mol. The predicted molar refractivity (Wildman–Crippen MR) is 105 cm³/mol. The van der Waals surface area contributed by atoms with Crippen LogP contribution in [0.4, 0.5) is 0 Å². The summed E-state index contributed by atoms with van der Waals surface area (Å²) in [4.78, 5) is 29.2. The molecule has 1 aromatic heterocycles. The molecule has 0 amide bonds. The van der Waals surface area contributed by atoms with Gasteiger partial charge < -0.3 is 4.74 Å². The summed E-state index contributed by atoms with van der Waals surface area (Å²) in [5, 5.41) is 0. The maximum atomic E-state index is 12.9. The smallest absolute Gasteiger partial charge is 0.316 e. The molecule has 3 rings (SSSR count). The van der Waals surface area contributed by atoms with Gasteiger partial charge in [-0.25, -0.2) is 0 Å². The number of hydrogen-bond acceptors (Lipinski definition) is 4. The second kappa shape index (κ2) is 7.54. The number of benzene rings is 2. The summed E-state index contributed by atoms with van der Waals surface area (Å²) in [6.45, 7) is 5.42. The van der Waals surface area contributed by atoms with Crippen LogP contribution in [0.3, 0.4) is 0 Å². The molecular weight excluding hydrogens is 338 g/mol. The van der Waals surface area contributed by atoms with Crippen molar-refractivity contribution in [3.05, 3.63) is 84.2 Å². The van der Waals surface area contributed by atoms with Crippen molar-refractivity contribution in [2.75, 3.05) is 0 Å². The van der Waals surface area contributed by atoms with Gasteiger partial charge in [0.15, 0.2) is 0 Å². The van der Waals surface area contributed by atoms with E-state index in [1.165, 1.54) is 0 Å². The van der Waals surface area contributed by atoms with Crippen molar-refractivity contribution in [1.29, 1.82) is 0 Å². The molecule has 0 saturated heterocycles. The fourth-order valence-corrected chi connectivity index (χ4v) is 2.56. The van der Waals surface area contributed by atoms with E-state index in [1.54, 1.807) is 63.4 Å². The molecule has 4 nitrogen and oxygen atoms in total. The molecule has 0 fully saturated rings. The lowest BCUT2D eigenvalue weighted by Crippen LogP contribution is -2.25. The second-order valence-corrected chi connectivity index (χ2v) is 7.26. The summed E-state index contributed by atoms with van der Waals surface area (Å²) in [5.41, 5.74) is 1.91. The Morgan fingerprint density at radius 1 is 0.889 bits per heavy atom. The Labute approximate surface area is 158 Å². The second-order valence-electron chi connectivity index (χ2n) is 7.26. The fourth-order valence-electron chi connectivity index (χ4n) is 2.56. The number of carbonyl (C=O) groups is 2. The third kappa shape index (κ3) is 4.29. The van der Waals surface area contributed by atoms with E-state index in [0.29, 0.717) is 17.0 Å². The molecule has 0 unspecified atom stereocenters. The van der Waals surface area contributed by atoms with Gasteiger partial charge in [-0.15, -0.1) is 0 Å². The minimum atomic E-state index is -0.594. The first-order valence-corrected chi connectivity index (χ1v) is 8.74. The SMILES string of the molecule is CC(C)(C)C(=O)Oc1cccc(-c2ccccc2C(=O)c2ccccn2)c1. The van der Waals surface area contributed by atoms with Crippen molar-refractivity contribution in [2.24, 2.45) is 5.41 Å². The van der Waals surface area contributed by atoms with Gasteiger partial charge in [0, 0.05) is 11.8 Å². The Morgan fingerprint density at radius 3 is 2.33 bits per heavy atom. The van der Waals surface area contributed by atoms with E-state index >= 15 is 0 Å². The highest BCUT2D eigenvalue weighted by molar-refractivity contribution is 6.11. The molecule has 27 heavy (non-hydrogen) atoms. The standard InChI is InChI=1S/C23H21NO3/c1-23(2,3)22(26)27-17-10-8-9-16(15-17)18-11-4-5-12-19(18)21(25)20-13-6-7-14-24-20/h4-15H,1-3H3. The molecule has 0 aliphatic carbocycles. The molecule has 0 aliphatic heterocycles. The highest BCUT2D eigenvalue weighted by Gasteiger charge is 2.24. The molecule has 1 heterocycles. The molecule has 0 aliphatic rings. The summed E-state index contributed by atoms with van der Waals surface area (Å²) < 4.78 is 5.49. The lowest BCUT2D eigenvalue weighted by molar-refractivity contribution is -0.142. The van der Waals surface area contributed by atoms with Crippen molar-refractivity contribution in [2.45, 2.75) is 20.8 Å². The quantitative estimate of drug-likeness (QED) is 0.376. The number of aromatic nitrogens is 1. The third-order valence-electron chi connectivity index (χ3n) is 4.04. The first kappa shape index (κ1) is 18.5. The molecule has 2 aromatic carbocycles. The van der Waals surface area contributed by atoms with Gasteiger partial charge in [-0.05, 0) is 56.2 Å². The Hall–Kier alpha value is -3.27. The van der Waals surface area contributed by atoms with Crippen molar-refractivity contribution < 1.29 is 14.3 Å². The van der Waals surface area contributed by atoms with Crippen LogP contribution in [0.1, 0.15) is 36.8 Å². The maximum Gasteiger partial charge on any atom is 0.316 e. The van der Waals surface area contributed by atoms with Crippen LogP contribution in [-0.2, 0) is 4.79 Å². The van der Waals surface area contributed by atoms with Crippen LogP contribution < -0.4 is 4.74 Å². The van der Waals surface area contributed by atoms with E-state index in [2.05, 4.69) is 4.98 Å². The zero-order chi connectivity index (χ0) is 19.4. The van der Waals surface area contributed by atoms with E-state index in [4.69, 9.17) is 4.74 Å². The predicted octanol–water partition coefficient (Wildman–Crippen LogP) is 4.93. The summed E-state index contributed by atoms with van der Waals surface area (Å²) in [6, 6.07) is 19.8. The average molecular weight is 359 g/mol. The zero-order valence-electron chi connectivity index (χ0n) is 15.6. The lowest BCUT2D eigenvalue weighted by atomic mass is 9.95. The van der Waals surface area contributed by atoms with Gasteiger partial charge in [0.05, 0.1) is 5.41 Å². The lowest BCUT2D eigenvalue weighted by Gasteiger charge is -2.17. The fraction of sp³-hybridized carbons (Fsp3) is 0.174. The normalized spacial score (nSPS) is 11.1. The number of carbonyl (C=O) groups excluding carboxylic acids is 2. The summed E-state index contributed by atoms with van der Waals surface area (Å²) in [6.07, 6.45) is 1.60. The van der Waals surface area contributed by atoms with Crippen LogP contribution in [0.2, 0.25) is 0 Å². The van der Waals surface area contributed by atoms with Crippen LogP contribution >= 0.6 is 0 Å². The Kier molecular flexibility index (Phi) is 5.17. The van der Waals surface area contributed by atoms with Gasteiger partial charge in [0.2, 0.25) is 5.78 Å². The summed E-state index contributed by atoms with van der Waals surface area (Å²) in [5.74, 6) is -0.00620. The Morgan fingerprint density at radius 2 is 1.63 bits per heavy atom. The number of ether oxygens (including phenoxy) is 1. The largest absolute Gasteiger partial charge is 0.426 e. The van der Waals surface area contributed by atoms with Crippen molar-refractivity contribution >= 4 is 11.8 Å². The molecule has 0 atom stereocenters. The van der Waals surface area contributed by atoms with E-state index < -0.39 is 5.41 Å². The highest BCUT2D eigenvalue weighted by atomic mass is 16.5. The van der Waals surface area contributed by atoms with Crippen molar-refractivity contribution in [1.82, 2.24) is 4.98 Å². The first-order valence-electron chi connectivity index (χ1n) is 8.74. The Balaban J connectivity index is 1.97.